The van der Waals surface area contributed by atoms with Crippen molar-refractivity contribution in [3.8, 4) is 11.4 Å². The lowest BCUT2D eigenvalue weighted by Crippen LogP contribution is -2.23. The van der Waals surface area contributed by atoms with Gasteiger partial charge in [0.15, 0.2) is 5.65 Å². The molecule has 0 spiro atoms. The number of hydrogen-bond donors (Lipinski definition) is 2. The number of nitrogens with one attached hydrogen (secondary N) is 2. The van der Waals surface area contributed by atoms with E-state index >= 15 is 0 Å². The smallest absolute Gasteiger partial charge is 0.278 e. The number of benzene rings is 2. The van der Waals surface area contributed by atoms with Crippen LogP contribution in [-0.2, 0) is 19.5 Å². The molecule has 8 nitrogen and oxygen atoms in total. The van der Waals surface area contributed by atoms with Crippen LogP contribution in [0.4, 0.5) is 11.6 Å². The van der Waals surface area contributed by atoms with Gasteiger partial charge in [-0.1, -0.05) is 18.2 Å². The highest BCUT2D eigenvalue weighted by Crippen LogP contribution is 2.24. The van der Waals surface area contributed by atoms with Gasteiger partial charge in [-0.25, -0.2) is 14.3 Å². The SMILES string of the molecule is C=CCn1c(=O)c2cnc(Nc3ccc4c(c3)CCNC4)nc2n1-c1cccc(OC)c1. The number of anilines is 2. The summed E-state index contributed by atoms with van der Waals surface area (Å²) in [5.41, 5.74) is 4.67. The summed E-state index contributed by atoms with van der Waals surface area (Å²) < 4.78 is 8.75. The summed E-state index contributed by atoms with van der Waals surface area (Å²) in [6.45, 7) is 6.00. The van der Waals surface area contributed by atoms with Crippen LogP contribution in [0.2, 0.25) is 0 Å². The van der Waals surface area contributed by atoms with Crippen LogP contribution in [0.25, 0.3) is 16.7 Å². The lowest BCUT2D eigenvalue weighted by Gasteiger charge is -2.18. The molecule has 4 aromatic rings. The molecule has 0 saturated carbocycles. The molecular weight excluding hydrogens is 404 g/mol. The van der Waals surface area contributed by atoms with E-state index in [2.05, 4.69) is 34.3 Å². The Balaban J connectivity index is 1.61. The fourth-order valence-electron chi connectivity index (χ4n) is 4.06. The minimum absolute atomic E-state index is 0.171. The summed E-state index contributed by atoms with van der Waals surface area (Å²) in [5.74, 6) is 1.12. The Bertz CT molecular complexity index is 1370. The van der Waals surface area contributed by atoms with Gasteiger partial charge >= 0.3 is 0 Å². The third kappa shape index (κ3) is 3.54. The minimum Gasteiger partial charge on any atom is -0.497 e. The first-order valence-corrected chi connectivity index (χ1v) is 10.5. The topological polar surface area (TPSA) is 86.0 Å². The first-order chi connectivity index (χ1) is 15.7. The summed E-state index contributed by atoms with van der Waals surface area (Å²) >= 11 is 0. The van der Waals surface area contributed by atoms with Crippen molar-refractivity contribution in [1.29, 1.82) is 0 Å². The molecule has 0 atom stereocenters. The maximum atomic E-state index is 13.1. The molecule has 0 radical (unpaired) electrons. The van der Waals surface area contributed by atoms with E-state index in [-0.39, 0.29) is 5.56 Å². The van der Waals surface area contributed by atoms with Crippen LogP contribution in [0, 0.1) is 0 Å². The van der Waals surface area contributed by atoms with E-state index in [1.807, 2.05) is 30.3 Å². The number of allylic oxidation sites excluding steroid dienone is 1. The van der Waals surface area contributed by atoms with Gasteiger partial charge in [-0.2, -0.15) is 4.98 Å². The van der Waals surface area contributed by atoms with Gasteiger partial charge in [-0.15, -0.1) is 6.58 Å². The maximum absolute atomic E-state index is 13.1. The quantitative estimate of drug-likeness (QED) is 0.459. The highest BCUT2D eigenvalue weighted by molar-refractivity contribution is 5.77. The van der Waals surface area contributed by atoms with Crippen molar-refractivity contribution in [2.45, 2.75) is 19.5 Å². The maximum Gasteiger partial charge on any atom is 0.278 e. The summed E-state index contributed by atoms with van der Waals surface area (Å²) in [4.78, 5) is 22.2. The molecule has 1 aliphatic rings. The molecule has 3 heterocycles. The van der Waals surface area contributed by atoms with Gasteiger partial charge in [0.2, 0.25) is 5.95 Å². The predicted molar refractivity (Wildman–Crippen MR) is 125 cm³/mol. The van der Waals surface area contributed by atoms with Gasteiger partial charge in [-0.05, 0) is 48.4 Å². The predicted octanol–water partition coefficient (Wildman–Crippen LogP) is 3.17. The average molecular weight is 428 g/mol. The Labute approximate surface area is 185 Å². The van der Waals surface area contributed by atoms with Gasteiger partial charge in [0.25, 0.3) is 5.56 Å². The van der Waals surface area contributed by atoms with Gasteiger partial charge in [0.05, 0.1) is 19.3 Å². The fourth-order valence-corrected chi connectivity index (χ4v) is 4.06. The zero-order chi connectivity index (χ0) is 22.1. The number of ether oxygens (including phenoxy) is 1. The molecule has 0 unspecified atom stereocenters. The standard InChI is InChI=1S/C24H24N6O2/c1-3-11-29-23(31)21-15-26-24(27-18-8-7-17-14-25-10-9-16(17)12-18)28-22(21)30(29)19-5-4-6-20(13-19)32-2/h3-8,12-13,15,25H,1,9-11,14H2,2H3,(H,26,27,28). The average Bonchev–Trinajstić information content (AvgIpc) is 3.10. The van der Waals surface area contributed by atoms with Crippen molar-refractivity contribution in [1.82, 2.24) is 24.6 Å². The van der Waals surface area contributed by atoms with Crippen molar-refractivity contribution in [2.75, 3.05) is 19.0 Å². The Morgan fingerprint density at radius 2 is 2.16 bits per heavy atom. The summed E-state index contributed by atoms with van der Waals surface area (Å²) in [5, 5.41) is 7.12. The van der Waals surface area contributed by atoms with Crippen LogP contribution in [0.3, 0.4) is 0 Å². The van der Waals surface area contributed by atoms with Crippen molar-refractivity contribution in [2.24, 2.45) is 0 Å². The van der Waals surface area contributed by atoms with Crippen molar-refractivity contribution in [3.63, 3.8) is 0 Å². The van der Waals surface area contributed by atoms with Crippen molar-refractivity contribution < 1.29 is 4.74 Å². The normalized spacial score (nSPS) is 13.0. The zero-order valence-electron chi connectivity index (χ0n) is 17.8. The highest BCUT2D eigenvalue weighted by atomic mass is 16.5. The molecule has 1 aliphatic heterocycles. The van der Waals surface area contributed by atoms with E-state index in [4.69, 9.17) is 9.72 Å². The van der Waals surface area contributed by atoms with Crippen LogP contribution in [0.1, 0.15) is 11.1 Å². The van der Waals surface area contributed by atoms with E-state index < -0.39 is 0 Å². The number of nitrogens with zero attached hydrogens (tertiary/aromatic N) is 4. The molecule has 8 heteroatoms. The van der Waals surface area contributed by atoms with Gasteiger partial charge in [0.1, 0.15) is 11.1 Å². The highest BCUT2D eigenvalue weighted by Gasteiger charge is 2.17. The number of hydrogen-bond acceptors (Lipinski definition) is 6. The second-order valence-electron chi connectivity index (χ2n) is 7.66. The van der Waals surface area contributed by atoms with E-state index in [9.17, 15) is 4.79 Å². The Morgan fingerprint density at radius 3 is 3.00 bits per heavy atom. The number of aromatic nitrogens is 4. The number of fused-ring (bicyclic) bond motifs is 2. The lowest BCUT2D eigenvalue weighted by atomic mass is 10.0. The molecule has 0 saturated heterocycles. The van der Waals surface area contributed by atoms with E-state index in [1.165, 1.54) is 11.1 Å². The fraction of sp³-hybridized carbons (Fsp3) is 0.208. The lowest BCUT2D eigenvalue weighted by molar-refractivity contribution is 0.414. The third-order valence-corrected chi connectivity index (χ3v) is 5.62. The van der Waals surface area contributed by atoms with E-state index in [0.717, 1.165) is 30.9 Å². The van der Waals surface area contributed by atoms with Crippen molar-refractivity contribution in [3.05, 3.63) is 82.8 Å². The van der Waals surface area contributed by atoms with Crippen LogP contribution in [-0.4, -0.2) is 33.0 Å². The Kier molecular flexibility index (Phi) is 5.20. The Morgan fingerprint density at radius 1 is 1.25 bits per heavy atom. The third-order valence-electron chi connectivity index (χ3n) is 5.62. The first kappa shape index (κ1) is 20.0. The van der Waals surface area contributed by atoms with Crippen LogP contribution in [0.5, 0.6) is 5.75 Å². The zero-order valence-corrected chi connectivity index (χ0v) is 17.8. The molecule has 2 aromatic heterocycles. The molecule has 0 bridgehead atoms. The van der Waals surface area contributed by atoms with Crippen LogP contribution < -0.4 is 20.9 Å². The molecule has 0 amide bonds. The van der Waals surface area contributed by atoms with E-state index in [0.29, 0.717) is 29.3 Å². The molecule has 0 aliphatic carbocycles. The monoisotopic (exact) mass is 428 g/mol. The molecule has 2 N–H and O–H groups in total. The second kappa shape index (κ2) is 8.32. The summed E-state index contributed by atoms with van der Waals surface area (Å²) in [7, 11) is 1.61. The summed E-state index contributed by atoms with van der Waals surface area (Å²) in [6, 6.07) is 13.8. The number of rotatable bonds is 6. The van der Waals surface area contributed by atoms with Gasteiger partial charge in [-0.3, -0.25) is 4.79 Å². The molecule has 162 valence electrons. The van der Waals surface area contributed by atoms with Gasteiger partial charge < -0.3 is 15.4 Å². The Hall–Kier alpha value is -3.91. The molecule has 32 heavy (non-hydrogen) atoms. The minimum atomic E-state index is -0.171. The number of methoxy groups -OCH3 is 1. The van der Waals surface area contributed by atoms with E-state index in [1.54, 1.807) is 28.7 Å². The largest absolute Gasteiger partial charge is 0.497 e. The van der Waals surface area contributed by atoms with Crippen molar-refractivity contribution >= 4 is 22.7 Å². The van der Waals surface area contributed by atoms with Gasteiger partial charge in [0, 0.05) is 24.5 Å². The molecule has 0 fully saturated rings. The second-order valence-corrected chi connectivity index (χ2v) is 7.66. The molecular formula is C24H24N6O2. The van der Waals surface area contributed by atoms with Crippen LogP contribution in [0.15, 0.2) is 66.1 Å². The summed E-state index contributed by atoms with van der Waals surface area (Å²) in [6.07, 6.45) is 4.25. The first-order valence-electron chi connectivity index (χ1n) is 10.5. The molecule has 2 aromatic carbocycles. The van der Waals surface area contributed by atoms with Crippen LogP contribution >= 0.6 is 0 Å². The molecule has 5 rings (SSSR count).